The topological polar surface area (TPSA) is 42.0 Å². The molecule has 0 heterocycles. The number of ether oxygens (including phenoxy) is 2. The second-order valence-electron chi connectivity index (χ2n) is 10.2. The van der Waals surface area contributed by atoms with E-state index < -0.39 is 0 Å². The van der Waals surface area contributed by atoms with E-state index in [2.05, 4.69) is 82.6 Å². The molecule has 6 aromatic carbocycles. The zero-order chi connectivity index (χ0) is 30.3. The summed E-state index contributed by atoms with van der Waals surface area (Å²) in [5, 5.41) is 0. The maximum absolute atomic E-state index is 11.3. The highest BCUT2D eigenvalue weighted by atomic mass is 16.5. The fourth-order valence-corrected chi connectivity index (χ4v) is 5.24. The van der Waals surface area contributed by atoms with Crippen molar-refractivity contribution in [3.63, 3.8) is 0 Å². The summed E-state index contributed by atoms with van der Waals surface area (Å²) in [5.74, 6) is 1.62. The molecule has 0 unspecified atom stereocenters. The molecule has 0 spiro atoms. The third-order valence-electron chi connectivity index (χ3n) is 7.55. The van der Waals surface area contributed by atoms with Crippen molar-refractivity contribution in [3.05, 3.63) is 157 Å². The van der Waals surface area contributed by atoms with E-state index in [0.29, 0.717) is 5.56 Å². The monoisotopic (exact) mass is 576 g/mol. The normalized spacial score (nSPS) is 10.6. The number of carbonyl (C=O) groups is 1. The van der Waals surface area contributed by atoms with Gasteiger partial charge >= 0.3 is 0 Å². The van der Waals surface area contributed by atoms with Crippen LogP contribution < -0.4 is 19.3 Å². The average molecular weight is 577 g/mol. The molecule has 0 amide bonds. The van der Waals surface area contributed by atoms with Crippen LogP contribution in [-0.4, -0.2) is 20.5 Å². The lowest BCUT2D eigenvalue weighted by molar-refractivity contribution is 0.112. The Balaban J connectivity index is 1.31. The number of benzene rings is 6. The number of methoxy groups -OCH3 is 2. The second-order valence-corrected chi connectivity index (χ2v) is 10.2. The lowest BCUT2D eigenvalue weighted by atomic mass is 10.0. The molecule has 0 aliphatic rings. The number of para-hydroxylation sites is 1. The summed E-state index contributed by atoms with van der Waals surface area (Å²) in [6, 6.07) is 51.1. The molecule has 6 aromatic rings. The van der Waals surface area contributed by atoms with Gasteiger partial charge in [-0.25, -0.2) is 0 Å². The Morgan fingerprint density at radius 3 is 1.07 bits per heavy atom. The largest absolute Gasteiger partial charge is 0.497 e. The lowest BCUT2D eigenvalue weighted by Gasteiger charge is -2.26. The molecular weight excluding hydrogens is 544 g/mol. The molecule has 0 radical (unpaired) electrons. The molecule has 0 bridgehead atoms. The molecular formula is C39H32N2O3. The van der Waals surface area contributed by atoms with Crippen LogP contribution in [0.25, 0.3) is 11.1 Å². The maximum atomic E-state index is 11.3. The second kappa shape index (κ2) is 13.0. The first-order chi connectivity index (χ1) is 21.7. The molecule has 0 saturated carbocycles. The van der Waals surface area contributed by atoms with Gasteiger partial charge in [-0.15, -0.1) is 0 Å². The third kappa shape index (κ3) is 6.03. The number of hydrogen-bond donors (Lipinski definition) is 0. The van der Waals surface area contributed by atoms with Crippen LogP contribution in [-0.2, 0) is 0 Å². The van der Waals surface area contributed by atoms with E-state index in [1.54, 1.807) is 14.2 Å². The SMILES string of the molecule is COc1ccc(N(c2ccccc2)c2ccc(-c3ccc(N(c4ccc(C=O)cc4)c4ccc(OC)cc4)cc3)cc2)cc1. The number of nitrogens with zero attached hydrogens (tertiary/aromatic N) is 2. The van der Waals surface area contributed by atoms with E-state index in [1.807, 2.05) is 78.9 Å². The summed E-state index contributed by atoms with van der Waals surface area (Å²) in [7, 11) is 3.34. The molecule has 0 atom stereocenters. The van der Waals surface area contributed by atoms with Crippen molar-refractivity contribution >= 4 is 40.4 Å². The zero-order valence-corrected chi connectivity index (χ0v) is 24.6. The van der Waals surface area contributed by atoms with Crippen LogP contribution in [0.3, 0.4) is 0 Å². The number of hydrogen-bond acceptors (Lipinski definition) is 5. The van der Waals surface area contributed by atoms with Gasteiger partial charge in [-0.05, 0) is 120 Å². The van der Waals surface area contributed by atoms with E-state index in [1.165, 1.54) is 0 Å². The van der Waals surface area contributed by atoms with Gasteiger partial charge in [0.25, 0.3) is 0 Å². The molecule has 0 N–H and O–H groups in total. The molecule has 6 rings (SSSR count). The average Bonchev–Trinajstić information content (AvgIpc) is 3.10. The van der Waals surface area contributed by atoms with Gasteiger partial charge in [0.1, 0.15) is 17.8 Å². The van der Waals surface area contributed by atoms with Crippen molar-refractivity contribution in [2.45, 2.75) is 0 Å². The molecule has 5 nitrogen and oxygen atoms in total. The smallest absolute Gasteiger partial charge is 0.150 e. The third-order valence-corrected chi connectivity index (χ3v) is 7.55. The minimum atomic E-state index is 0.639. The Morgan fingerprint density at radius 1 is 0.409 bits per heavy atom. The molecule has 5 heteroatoms. The zero-order valence-electron chi connectivity index (χ0n) is 24.6. The lowest BCUT2D eigenvalue weighted by Crippen LogP contribution is -2.10. The number of aldehydes is 1. The van der Waals surface area contributed by atoms with Gasteiger partial charge in [0, 0.05) is 39.7 Å². The van der Waals surface area contributed by atoms with Crippen LogP contribution in [0.1, 0.15) is 10.4 Å². The Bertz CT molecular complexity index is 1800. The van der Waals surface area contributed by atoms with Gasteiger partial charge in [0.05, 0.1) is 14.2 Å². The van der Waals surface area contributed by atoms with Gasteiger partial charge in [-0.1, -0.05) is 42.5 Å². The summed E-state index contributed by atoms with van der Waals surface area (Å²) in [6.45, 7) is 0. The van der Waals surface area contributed by atoms with Crippen LogP contribution in [0.4, 0.5) is 34.1 Å². The number of anilines is 6. The Kier molecular flexibility index (Phi) is 8.37. The first-order valence-electron chi connectivity index (χ1n) is 14.4. The quantitative estimate of drug-likeness (QED) is 0.152. The summed E-state index contributed by atoms with van der Waals surface area (Å²) < 4.78 is 10.8. The molecule has 216 valence electrons. The van der Waals surface area contributed by atoms with Gasteiger partial charge in [-0.3, -0.25) is 4.79 Å². The van der Waals surface area contributed by atoms with Crippen LogP contribution in [0.5, 0.6) is 11.5 Å². The standard InChI is InChI=1S/C39H32N2O3/c1-43-38-24-20-36(21-25-38)40(32-6-4-3-5-7-32)34-16-10-30(11-17-34)31-12-18-35(19-13-31)41(33-14-8-29(28-42)9-15-33)37-22-26-39(44-2)27-23-37/h3-28H,1-2H3. The highest BCUT2D eigenvalue weighted by molar-refractivity contribution is 5.82. The Hall–Kier alpha value is -5.81. The van der Waals surface area contributed by atoms with Crippen molar-refractivity contribution in [2.24, 2.45) is 0 Å². The molecule has 0 saturated heterocycles. The fraction of sp³-hybridized carbons (Fsp3) is 0.0513. The summed E-state index contributed by atoms with van der Waals surface area (Å²) in [4.78, 5) is 15.7. The van der Waals surface area contributed by atoms with E-state index >= 15 is 0 Å². The molecule has 0 aliphatic heterocycles. The Morgan fingerprint density at radius 2 is 0.727 bits per heavy atom. The molecule has 44 heavy (non-hydrogen) atoms. The minimum Gasteiger partial charge on any atom is -0.497 e. The molecule has 0 fully saturated rings. The van der Waals surface area contributed by atoms with Crippen LogP contribution >= 0.6 is 0 Å². The number of carbonyl (C=O) groups excluding carboxylic acids is 1. The van der Waals surface area contributed by atoms with Crippen LogP contribution in [0.2, 0.25) is 0 Å². The summed E-state index contributed by atoms with van der Waals surface area (Å²) in [5.41, 5.74) is 9.01. The predicted octanol–water partition coefficient (Wildman–Crippen LogP) is 10.1. The van der Waals surface area contributed by atoms with Crippen molar-refractivity contribution in [3.8, 4) is 22.6 Å². The fourth-order valence-electron chi connectivity index (χ4n) is 5.24. The Labute approximate surface area is 258 Å². The summed E-state index contributed by atoms with van der Waals surface area (Å²) >= 11 is 0. The summed E-state index contributed by atoms with van der Waals surface area (Å²) in [6.07, 6.45) is 0.859. The first kappa shape index (κ1) is 28.3. The van der Waals surface area contributed by atoms with Gasteiger partial charge in [-0.2, -0.15) is 0 Å². The van der Waals surface area contributed by atoms with E-state index in [-0.39, 0.29) is 0 Å². The van der Waals surface area contributed by atoms with Gasteiger partial charge < -0.3 is 19.3 Å². The van der Waals surface area contributed by atoms with Crippen molar-refractivity contribution in [2.75, 3.05) is 24.0 Å². The van der Waals surface area contributed by atoms with E-state index in [0.717, 1.165) is 63.0 Å². The molecule has 0 aromatic heterocycles. The predicted molar refractivity (Wildman–Crippen MR) is 180 cm³/mol. The van der Waals surface area contributed by atoms with Crippen molar-refractivity contribution < 1.29 is 14.3 Å². The van der Waals surface area contributed by atoms with E-state index in [4.69, 9.17) is 9.47 Å². The van der Waals surface area contributed by atoms with E-state index in [9.17, 15) is 4.79 Å². The maximum Gasteiger partial charge on any atom is 0.150 e. The first-order valence-corrected chi connectivity index (χ1v) is 14.4. The van der Waals surface area contributed by atoms with Crippen molar-refractivity contribution in [1.29, 1.82) is 0 Å². The number of rotatable bonds is 10. The van der Waals surface area contributed by atoms with Gasteiger partial charge in [0.15, 0.2) is 0 Å². The van der Waals surface area contributed by atoms with Crippen molar-refractivity contribution in [1.82, 2.24) is 0 Å². The van der Waals surface area contributed by atoms with Crippen LogP contribution in [0, 0.1) is 0 Å². The van der Waals surface area contributed by atoms with Gasteiger partial charge in [0.2, 0.25) is 0 Å². The minimum absolute atomic E-state index is 0.639. The molecule has 0 aliphatic carbocycles. The van der Waals surface area contributed by atoms with Crippen LogP contribution in [0.15, 0.2) is 152 Å². The highest BCUT2D eigenvalue weighted by Gasteiger charge is 2.15. The highest BCUT2D eigenvalue weighted by Crippen LogP contribution is 2.38.